The number of sulfone groups is 1. The molecule has 1 rings (SSSR count). The summed E-state index contributed by atoms with van der Waals surface area (Å²) < 4.78 is 51.9. The molecule has 0 saturated heterocycles. The van der Waals surface area contributed by atoms with E-state index in [2.05, 4.69) is 0 Å². The molecule has 23 heavy (non-hydrogen) atoms. The smallest absolute Gasteiger partial charge is 0.339 e. The Balaban J connectivity index is 3.42. The predicted molar refractivity (Wildman–Crippen MR) is 98.0 cm³/mol. The summed E-state index contributed by atoms with van der Waals surface area (Å²) in [5, 5.41) is 0. The summed E-state index contributed by atoms with van der Waals surface area (Å²) in [4.78, 5) is 12.5. The minimum absolute atomic E-state index is 0.196. The van der Waals surface area contributed by atoms with E-state index in [-0.39, 0.29) is 12.3 Å². The molecule has 0 N–H and O–H groups in total. The van der Waals surface area contributed by atoms with Gasteiger partial charge in [0.1, 0.15) is 5.88 Å². The van der Waals surface area contributed by atoms with Gasteiger partial charge in [0.05, 0.1) is 17.9 Å². The molecule has 1 aromatic carbocycles. The molecular weight excluding hydrogens is 477 g/mol. The largest absolute Gasteiger partial charge is 0.755 e. The van der Waals surface area contributed by atoms with Crippen LogP contribution < -0.4 is 4.31 Å². The van der Waals surface area contributed by atoms with Crippen molar-refractivity contribution in [3.8, 4) is 0 Å². The molecule has 130 valence electrons. The van der Waals surface area contributed by atoms with Crippen molar-refractivity contribution in [3.63, 3.8) is 0 Å². The highest BCUT2D eigenvalue weighted by molar-refractivity contribution is 14.1. The number of benzene rings is 1. The van der Waals surface area contributed by atoms with E-state index >= 15 is 0 Å². The first-order chi connectivity index (χ1) is 10.6. The molecule has 0 bridgehead atoms. The van der Waals surface area contributed by atoms with Crippen molar-refractivity contribution < 1.29 is 26.7 Å². The fourth-order valence-corrected chi connectivity index (χ4v) is 4.99. The quantitative estimate of drug-likeness (QED) is 0.248. The third kappa shape index (κ3) is 5.89. The van der Waals surface area contributed by atoms with E-state index in [0.29, 0.717) is 14.0 Å². The summed E-state index contributed by atoms with van der Waals surface area (Å²) in [6.07, 6.45) is 2.67. The Morgan fingerprint density at radius 1 is 1.48 bits per heavy atom. The number of ether oxygens (including phenoxy) is 1. The summed E-state index contributed by atoms with van der Waals surface area (Å²) in [7, 11) is -3.56. The highest BCUT2D eigenvalue weighted by Crippen LogP contribution is 2.32. The van der Waals surface area contributed by atoms with Gasteiger partial charge in [0.15, 0.2) is 9.84 Å². The van der Waals surface area contributed by atoms with Crippen molar-refractivity contribution >= 4 is 67.1 Å². The molecule has 0 aliphatic rings. The topological polar surface area (TPSA) is 104 Å². The first-order valence-corrected chi connectivity index (χ1v) is 11.6. The van der Waals surface area contributed by atoms with Crippen LogP contribution in [-0.2, 0) is 25.8 Å². The fraction of sp³-hybridized carbons (Fsp3) is 0.417. The van der Waals surface area contributed by atoms with E-state index < -0.39 is 32.9 Å². The Kier molecular flexibility index (Phi) is 7.77. The molecule has 1 unspecified atom stereocenters. The Labute approximate surface area is 155 Å². The molecule has 0 aromatic heterocycles. The van der Waals surface area contributed by atoms with Crippen LogP contribution in [-0.4, -0.2) is 48.1 Å². The Hall–Kier alpha value is -0.370. The minimum Gasteiger partial charge on any atom is -0.755 e. The molecule has 0 radical (unpaired) electrons. The first-order valence-electron chi connectivity index (χ1n) is 6.20. The highest BCUT2D eigenvalue weighted by atomic mass is 127. The summed E-state index contributed by atoms with van der Waals surface area (Å²) in [6.45, 7) is 1.90. The van der Waals surface area contributed by atoms with Crippen LogP contribution in [0.1, 0.15) is 17.3 Å². The third-order valence-electron chi connectivity index (χ3n) is 2.56. The molecule has 1 atom stereocenters. The van der Waals surface area contributed by atoms with Crippen molar-refractivity contribution in [1.29, 1.82) is 0 Å². The lowest BCUT2D eigenvalue weighted by molar-refractivity contribution is 0.0522. The number of hydrogen-bond donors (Lipinski definition) is 0. The zero-order valence-electron chi connectivity index (χ0n) is 12.6. The summed E-state index contributed by atoms with van der Waals surface area (Å²) in [5.74, 6) is -1.19. The van der Waals surface area contributed by atoms with Crippen LogP contribution in [0.2, 0.25) is 0 Å². The van der Waals surface area contributed by atoms with Gasteiger partial charge in [-0.15, -0.1) is 11.8 Å². The molecule has 0 aliphatic carbocycles. The van der Waals surface area contributed by atoms with Gasteiger partial charge in [0.25, 0.3) is 0 Å². The molecule has 0 spiro atoms. The zero-order chi connectivity index (χ0) is 17.8. The molecule has 0 amide bonds. The SMILES string of the molecule is CCOC(=O)c1cc(I)c(N(CS(C)(=O)=O)S(=O)[O-])cc1SC. The fourth-order valence-electron chi connectivity index (χ4n) is 1.68. The standard InChI is InChI=1S/C12H16INO6S3/c1-4-20-12(15)8-5-9(13)10(6-11(8)21-2)14(22(16)17)7-23(3,18)19/h5-6H,4,7H2,1-3H3,(H,16,17)/p-1. The van der Waals surface area contributed by atoms with E-state index in [4.69, 9.17) is 4.74 Å². The lowest BCUT2D eigenvalue weighted by atomic mass is 10.2. The van der Waals surface area contributed by atoms with Crippen LogP contribution in [0.3, 0.4) is 0 Å². The van der Waals surface area contributed by atoms with Crippen LogP contribution in [0.25, 0.3) is 0 Å². The Morgan fingerprint density at radius 2 is 2.09 bits per heavy atom. The van der Waals surface area contributed by atoms with Gasteiger partial charge in [-0.25, -0.2) is 13.2 Å². The van der Waals surface area contributed by atoms with Gasteiger partial charge in [-0.3, -0.25) is 8.51 Å². The van der Waals surface area contributed by atoms with Crippen molar-refractivity contribution in [2.45, 2.75) is 11.8 Å². The highest BCUT2D eigenvalue weighted by Gasteiger charge is 2.21. The van der Waals surface area contributed by atoms with Gasteiger partial charge < -0.3 is 9.29 Å². The normalized spacial score (nSPS) is 12.7. The maximum Gasteiger partial charge on any atom is 0.339 e. The van der Waals surface area contributed by atoms with E-state index in [0.717, 1.165) is 10.6 Å². The molecule has 0 heterocycles. The summed E-state index contributed by atoms with van der Waals surface area (Å²) in [6, 6.07) is 2.96. The van der Waals surface area contributed by atoms with Crippen molar-refractivity contribution in [1.82, 2.24) is 0 Å². The van der Waals surface area contributed by atoms with Crippen LogP contribution in [0.5, 0.6) is 0 Å². The minimum atomic E-state index is -3.56. The molecule has 7 nitrogen and oxygen atoms in total. The molecule has 0 saturated carbocycles. The van der Waals surface area contributed by atoms with Crippen LogP contribution in [0.4, 0.5) is 5.69 Å². The van der Waals surface area contributed by atoms with Crippen LogP contribution >= 0.6 is 34.4 Å². The predicted octanol–water partition coefficient (Wildman–Crippen LogP) is 1.79. The number of halogens is 1. The van der Waals surface area contributed by atoms with Gasteiger partial charge in [-0.05, 0) is 47.9 Å². The maximum absolute atomic E-state index is 12.0. The molecule has 0 aliphatic heterocycles. The molecule has 1 aromatic rings. The van der Waals surface area contributed by atoms with Gasteiger partial charge in [0, 0.05) is 26.0 Å². The van der Waals surface area contributed by atoms with Gasteiger partial charge >= 0.3 is 5.97 Å². The van der Waals surface area contributed by atoms with E-state index in [9.17, 15) is 22.0 Å². The van der Waals surface area contributed by atoms with Gasteiger partial charge in [-0.2, -0.15) is 0 Å². The van der Waals surface area contributed by atoms with Gasteiger partial charge in [-0.1, -0.05) is 0 Å². The maximum atomic E-state index is 12.0. The number of carbonyl (C=O) groups excluding carboxylic acids is 1. The van der Waals surface area contributed by atoms with Crippen molar-refractivity contribution in [3.05, 3.63) is 21.3 Å². The zero-order valence-corrected chi connectivity index (χ0v) is 17.2. The first kappa shape index (κ1) is 20.7. The second-order valence-corrected chi connectivity index (χ2v) is 9.37. The number of rotatable bonds is 7. The molecular formula is C12H15INO6S3-. The van der Waals surface area contributed by atoms with Crippen LogP contribution in [0.15, 0.2) is 17.0 Å². The number of carbonyl (C=O) groups is 1. The summed E-state index contributed by atoms with van der Waals surface area (Å²) >= 11 is 0.324. The van der Waals surface area contributed by atoms with Gasteiger partial charge in [0.2, 0.25) is 0 Å². The lowest BCUT2D eigenvalue weighted by Crippen LogP contribution is -2.31. The lowest BCUT2D eigenvalue weighted by Gasteiger charge is -2.27. The molecule has 11 heteroatoms. The third-order valence-corrected chi connectivity index (χ3v) is 5.78. The van der Waals surface area contributed by atoms with Crippen molar-refractivity contribution in [2.75, 3.05) is 29.3 Å². The summed E-state index contributed by atoms with van der Waals surface area (Å²) in [5.41, 5.74) is 0.505. The number of thioether (sulfide) groups is 1. The van der Waals surface area contributed by atoms with E-state index in [1.165, 1.54) is 23.9 Å². The number of hydrogen-bond acceptors (Lipinski definition) is 7. The second-order valence-electron chi connectivity index (χ2n) is 4.37. The van der Waals surface area contributed by atoms with Crippen LogP contribution in [0, 0.1) is 3.57 Å². The average molecular weight is 492 g/mol. The number of esters is 1. The van der Waals surface area contributed by atoms with Crippen molar-refractivity contribution in [2.24, 2.45) is 0 Å². The number of nitrogens with zero attached hydrogens (tertiary/aromatic N) is 1. The van der Waals surface area contributed by atoms with E-state index in [1.807, 2.05) is 22.6 Å². The Morgan fingerprint density at radius 3 is 2.52 bits per heavy atom. The monoisotopic (exact) mass is 492 g/mol. The van der Waals surface area contributed by atoms with E-state index in [1.54, 1.807) is 13.2 Å². The number of anilines is 1. The second kappa shape index (κ2) is 8.65. The Bertz CT molecular complexity index is 722. The average Bonchev–Trinajstić information content (AvgIpc) is 2.43. The molecule has 0 fully saturated rings.